The van der Waals surface area contributed by atoms with Crippen LogP contribution in [0.3, 0.4) is 0 Å². The number of hydrogen-bond donors (Lipinski definition) is 0. The van der Waals surface area contributed by atoms with Crippen molar-refractivity contribution in [2.75, 3.05) is 39.4 Å². The number of thiazole rings is 1. The Balaban J connectivity index is 1.52. The summed E-state index contributed by atoms with van der Waals surface area (Å²) in [6.45, 7) is 13.2. The van der Waals surface area contributed by atoms with Gasteiger partial charge in [0, 0.05) is 38.2 Å². The zero-order valence-electron chi connectivity index (χ0n) is 19.0. The van der Waals surface area contributed by atoms with Gasteiger partial charge >= 0.3 is 6.09 Å². The molecule has 0 radical (unpaired) electrons. The molecule has 2 aliphatic heterocycles. The van der Waals surface area contributed by atoms with E-state index in [-0.39, 0.29) is 6.09 Å². The SMILES string of the molecule is C[C@H]1CC=C(c2ccc3sc(CCN4CCOCC4)nc3c2)N(C(=O)OC(C)(C)C)C1. The number of carbonyl (C=O) groups is 1. The van der Waals surface area contributed by atoms with Crippen molar-refractivity contribution in [2.45, 2.75) is 46.1 Å². The summed E-state index contributed by atoms with van der Waals surface area (Å²) in [5.41, 5.74) is 2.44. The third-order valence-corrected chi connectivity index (χ3v) is 6.68. The number of allylic oxidation sites excluding steroid dienone is 1. The second-order valence-electron chi connectivity index (χ2n) is 9.52. The highest BCUT2D eigenvalue weighted by Gasteiger charge is 2.29. The Morgan fingerprint density at radius 2 is 2.06 bits per heavy atom. The van der Waals surface area contributed by atoms with Crippen LogP contribution < -0.4 is 0 Å². The third-order valence-electron chi connectivity index (χ3n) is 5.59. The number of amides is 1. The van der Waals surface area contributed by atoms with E-state index in [9.17, 15) is 4.79 Å². The molecule has 31 heavy (non-hydrogen) atoms. The zero-order valence-corrected chi connectivity index (χ0v) is 19.8. The van der Waals surface area contributed by atoms with Gasteiger partial charge in [0.25, 0.3) is 0 Å². The first kappa shape index (κ1) is 22.2. The van der Waals surface area contributed by atoms with Crippen molar-refractivity contribution < 1.29 is 14.3 Å². The Bertz CT molecular complexity index is 957. The predicted molar refractivity (Wildman–Crippen MR) is 125 cm³/mol. The number of morpholine rings is 1. The van der Waals surface area contributed by atoms with E-state index in [0.717, 1.165) is 67.5 Å². The number of aromatic nitrogens is 1. The molecule has 0 N–H and O–H groups in total. The number of rotatable bonds is 4. The number of carbonyl (C=O) groups excluding carboxylic acids is 1. The van der Waals surface area contributed by atoms with Crippen LogP contribution in [0.25, 0.3) is 15.9 Å². The molecule has 0 saturated carbocycles. The van der Waals surface area contributed by atoms with Crippen molar-refractivity contribution in [3.8, 4) is 0 Å². The number of nitrogens with zero attached hydrogens (tertiary/aromatic N) is 3. The van der Waals surface area contributed by atoms with E-state index < -0.39 is 5.60 Å². The number of ether oxygens (including phenoxy) is 2. The normalized spacial score (nSPS) is 20.7. The van der Waals surface area contributed by atoms with Crippen molar-refractivity contribution in [3.05, 3.63) is 34.8 Å². The highest BCUT2D eigenvalue weighted by Crippen LogP contribution is 2.32. The molecule has 4 rings (SSSR count). The quantitative estimate of drug-likeness (QED) is 0.680. The second kappa shape index (κ2) is 9.27. The predicted octanol–water partition coefficient (Wildman–Crippen LogP) is 4.79. The van der Waals surface area contributed by atoms with Gasteiger partial charge in [0.2, 0.25) is 0 Å². The molecule has 1 fully saturated rings. The van der Waals surface area contributed by atoms with E-state index in [1.807, 2.05) is 20.8 Å². The van der Waals surface area contributed by atoms with E-state index in [4.69, 9.17) is 14.5 Å². The van der Waals surface area contributed by atoms with Gasteiger partial charge in [-0.1, -0.05) is 19.1 Å². The molecule has 6 nitrogen and oxygen atoms in total. The van der Waals surface area contributed by atoms with Crippen LogP contribution in [-0.2, 0) is 15.9 Å². The Morgan fingerprint density at radius 3 is 2.81 bits per heavy atom. The monoisotopic (exact) mass is 443 g/mol. The molecule has 0 aliphatic carbocycles. The van der Waals surface area contributed by atoms with Gasteiger partial charge in [0.05, 0.1) is 34.1 Å². The number of fused-ring (bicyclic) bond motifs is 1. The van der Waals surface area contributed by atoms with Crippen LogP contribution in [0.2, 0.25) is 0 Å². The Kier molecular flexibility index (Phi) is 6.65. The maximum Gasteiger partial charge on any atom is 0.414 e. The van der Waals surface area contributed by atoms with Gasteiger partial charge in [-0.2, -0.15) is 0 Å². The minimum absolute atomic E-state index is 0.283. The molecular formula is C24H33N3O3S. The lowest BCUT2D eigenvalue weighted by atomic mass is 9.98. The average molecular weight is 444 g/mol. The molecule has 0 unspecified atom stereocenters. The van der Waals surface area contributed by atoms with Crippen molar-refractivity contribution in [2.24, 2.45) is 5.92 Å². The van der Waals surface area contributed by atoms with Crippen LogP contribution in [0.5, 0.6) is 0 Å². The maximum atomic E-state index is 12.9. The van der Waals surface area contributed by atoms with E-state index in [1.165, 1.54) is 4.70 Å². The van der Waals surface area contributed by atoms with Gasteiger partial charge in [0.1, 0.15) is 5.60 Å². The molecule has 2 aliphatic rings. The first-order chi connectivity index (χ1) is 14.8. The molecule has 2 aromatic rings. The molecule has 0 spiro atoms. The molecule has 1 aromatic heterocycles. The number of benzene rings is 1. The first-order valence-electron chi connectivity index (χ1n) is 11.2. The van der Waals surface area contributed by atoms with Crippen LogP contribution in [-0.4, -0.2) is 65.9 Å². The van der Waals surface area contributed by atoms with Gasteiger partial charge in [-0.3, -0.25) is 9.80 Å². The molecule has 1 saturated heterocycles. The van der Waals surface area contributed by atoms with E-state index >= 15 is 0 Å². The van der Waals surface area contributed by atoms with Crippen LogP contribution in [0.4, 0.5) is 4.79 Å². The van der Waals surface area contributed by atoms with Crippen LogP contribution >= 0.6 is 11.3 Å². The Hall–Kier alpha value is -1.96. The summed E-state index contributed by atoms with van der Waals surface area (Å²) in [4.78, 5) is 22.0. The lowest BCUT2D eigenvalue weighted by Gasteiger charge is -2.33. The topological polar surface area (TPSA) is 54.9 Å². The van der Waals surface area contributed by atoms with Crippen molar-refractivity contribution >= 4 is 33.3 Å². The lowest BCUT2D eigenvalue weighted by Crippen LogP contribution is -2.39. The minimum Gasteiger partial charge on any atom is -0.443 e. The molecule has 1 aromatic carbocycles. The lowest BCUT2D eigenvalue weighted by molar-refractivity contribution is 0.0327. The standard InChI is InChI=1S/C24H33N3O3S/c1-17-5-7-20(27(16-17)23(28)30-24(2,3)4)18-6-8-21-19(15-18)25-22(31-21)9-10-26-11-13-29-14-12-26/h6-8,15,17H,5,9-14,16H2,1-4H3/t17-/m0/s1. The highest BCUT2D eigenvalue weighted by molar-refractivity contribution is 7.18. The van der Waals surface area contributed by atoms with E-state index in [0.29, 0.717) is 12.5 Å². The summed E-state index contributed by atoms with van der Waals surface area (Å²) in [7, 11) is 0. The summed E-state index contributed by atoms with van der Waals surface area (Å²) >= 11 is 1.76. The average Bonchev–Trinajstić information content (AvgIpc) is 3.14. The third kappa shape index (κ3) is 5.64. The van der Waals surface area contributed by atoms with Gasteiger partial charge < -0.3 is 9.47 Å². The Labute approximate surface area is 188 Å². The highest BCUT2D eigenvalue weighted by atomic mass is 32.1. The van der Waals surface area contributed by atoms with Crippen molar-refractivity contribution in [1.29, 1.82) is 0 Å². The van der Waals surface area contributed by atoms with Crippen molar-refractivity contribution in [3.63, 3.8) is 0 Å². The number of hydrogen-bond acceptors (Lipinski definition) is 6. The summed E-state index contributed by atoms with van der Waals surface area (Å²) in [6.07, 6.45) is 3.79. The van der Waals surface area contributed by atoms with Crippen LogP contribution in [0.1, 0.15) is 44.7 Å². The zero-order chi connectivity index (χ0) is 22.0. The van der Waals surface area contributed by atoms with Gasteiger partial charge in [-0.25, -0.2) is 9.78 Å². The molecule has 3 heterocycles. The summed E-state index contributed by atoms with van der Waals surface area (Å²) in [5.74, 6) is 0.408. The van der Waals surface area contributed by atoms with Gasteiger partial charge in [0.15, 0.2) is 0 Å². The second-order valence-corrected chi connectivity index (χ2v) is 10.6. The van der Waals surface area contributed by atoms with E-state index in [1.54, 1.807) is 16.2 Å². The summed E-state index contributed by atoms with van der Waals surface area (Å²) in [5, 5.41) is 1.16. The smallest absolute Gasteiger partial charge is 0.414 e. The Morgan fingerprint density at radius 1 is 1.29 bits per heavy atom. The fourth-order valence-corrected chi connectivity index (χ4v) is 4.93. The van der Waals surface area contributed by atoms with Gasteiger partial charge in [-0.15, -0.1) is 11.3 Å². The molecule has 0 bridgehead atoms. The van der Waals surface area contributed by atoms with Crippen LogP contribution in [0.15, 0.2) is 24.3 Å². The van der Waals surface area contributed by atoms with Crippen LogP contribution in [0, 0.1) is 5.92 Å². The molecule has 1 atom stereocenters. The minimum atomic E-state index is -0.517. The summed E-state index contributed by atoms with van der Waals surface area (Å²) in [6, 6.07) is 6.35. The van der Waals surface area contributed by atoms with Gasteiger partial charge in [-0.05, 0) is 45.2 Å². The first-order valence-corrected chi connectivity index (χ1v) is 12.0. The fourth-order valence-electron chi connectivity index (χ4n) is 3.99. The van der Waals surface area contributed by atoms with E-state index in [2.05, 4.69) is 36.1 Å². The molecule has 1 amide bonds. The van der Waals surface area contributed by atoms with Crippen molar-refractivity contribution in [1.82, 2.24) is 14.8 Å². The largest absolute Gasteiger partial charge is 0.443 e. The summed E-state index contributed by atoms with van der Waals surface area (Å²) < 4.78 is 12.3. The molecule has 7 heteroatoms. The molecule has 168 valence electrons. The fraction of sp³-hybridized carbons (Fsp3) is 0.583. The molecular weight excluding hydrogens is 410 g/mol. The maximum absolute atomic E-state index is 12.9.